The van der Waals surface area contributed by atoms with Crippen molar-refractivity contribution in [2.45, 2.75) is 46.3 Å². The lowest BCUT2D eigenvalue weighted by atomic mass is 9.86. The second-order valence-electron chi connectivity index (χ2n) is 5.99. The molecule has 1 aromatic rings. The number of aliphatic hydroxyl groups excluding tert-OH is 1. The first-order valence-corrected chi connectivity index (χ1v) is 6.95. The molecule has 0 aliphatic heterocycles. The minimum absolute atomic E-state index is 0.00503. The van der Waals surface area contributed by atoms with Gasteiger partial charge in [-0.25, -0.2) is 4.39 Å². The molecule has 0 aliphatic rings. The summed E-state index contributed by atoms with van der Waals surface area (Å²) in [6.45, 7) is 8.75. The van der Waals surface area contributed by atoms with Crippen LogP contribution in [0.2, 0.25) is 5.02 Å². The van der Waals surface area contributed by atoms with E-state index < -0.39 is 0 Å². The molecule has 1 rings (SSSR count). The van der Waals surface area contributed by atoms with Crippen LogP contribution in [-0.4, -0.2) is 17.8 Å². The smallest absolute Gasteiger partial charge is 0.124 e. The number of hydrogen-bond acceptors (Lipinski definition) is 2. The lowest BCUT2D eigenvalue weighted by Gasteiger charge is -2.28. The Bertz CT molecular complexity index is 421. The van der Waals surface area contributed by atoms with Crippen LogP contribution in [0.3, 0.4) is 0 Å². The third-order valence-corrected chi connectivity index (χ3v) is 3.49. The fraction of sp³-hybridized carbons (Fsp3) is 0.600. The molecule has 0 spiro atoms. The molecule has 1 aromatic carbocycles. The van der Waals surface area contributed by atoms with Crippen LogP contribution in [0.5, 0.6) is 0 Å². The van der Waals surface area contributed by atoms with Crippen molar-refractivity contribution in [1.29, 1.82) is 0 Å². The van der Waals surface area contributed by atoms with E-state index in [-0.39, 0.29) is 23.4 Å². The zero-order valence-corrected chi connectivity index (χ0v) is 12.8. The van der Waals surface area contributed by atoms with Gasteiger partial charge in [-0.05, 0) is 43.4 Å². The average molecular weight is 288 g/mol. The summed E-state index contributed by atoms with van der Waals surface area (Å²) < 4.78 is 13.0. The molecule has 0 heterocycles. The van der Waals surface area contributed by atoms with Crippen molar-refractivity contribution in [3.63, 3.8) is 0 Å². The first kappa shape index (κ1) is 16.4. The Morgan fingerprint density at radius 1 is 1.37 bits per heavy atom. The topological polar surface area (TPSA) is 32.3 Å². The Balaban J connectivity index is 2.62. The van der Waals surface area contributed by atoms with Crippen LogP contribution in [0.4, 0.5) is 4.39 Å². The first-order valence-electron chi connectivity index (χ1n) is 6.58. The molecule has 2 nitrogen and oxygen atoms in total. The van der Waals surface area contributed by atoms with E-state index >= 15 is 0 Å². The summed E-state index contributed by atoms with van der Waals surface area (Å²) in [5.74, 6) is -0.324. The van der Waals surface area contributed by atoms with E-state index in [9.17, 15) is 9.50 Å². The molecular formula is C15H23ClFNO. The molecule has 0 aliphatic carbocycles. The monoisotopic (exact) mass is 287 g/mol. The lowest BCUT2D eigenvalue weighted by molar-refractivity contribution is 0.127. The summed E-state index contributed by atoms with van der Waals surface area (Å²) in [7, 11) is 0. The Morgan fingerprint density at radius 2 is 2.00 bits per heavy atom. The van der Waals surface area contributed by atoms with Gasteiger partial charge >= 0.3 is 0 Å². The molecule has 108 valence electrons. The van der Waals surface area contributed by atoms with Crippen molar-refractivity contribution < 1.29 is 9.50 Å². The van der Waals surface area contributed by atoms with Crippen molar-refractivity contribution in [1.82, 2.24) is 5.32 Å². The molecule has 0 amide bonds. The van der Waals surface area contributed by atoms with E-state index in [2.05, 4.69) is 19.2 Å². The predicted octanol–water partition coefficient (Wildman–Crippen LogP) is 3.93. The number of nitrogens with one attached hydrogen (secondary N) is 1. The van der Waals surface area contributed by atoms with E-state index in [4.69, 9.17) is 11.6 Å². The highest BCUT2D eigenvalue weighted by molar-refractivity contribution is 6.31. The van der Waals surface area contributed by atoms with Crippen LogP contribution < -0.4 is 5.32 Å². The summed E-state index contributed by atoms with van der Waals surface area (Å²) in [6, 6.07) is 4.49. The van der Waals surface area contributed by atoms with Crippen LogP contribution in [0.15, 0.2) is 18.2 Å². The normalized spacial score (nSPS) is 15.3. The molecular weight excluding hydrogens is 265 g/mol. The summed E-state index contributed by atoms with van der Waals surface area (Å²) in [4.78, 5) is 0. The van der Waals surface area contributed by atoms with Gasteiger partial charge in [0, 0.05) is 17.6 Å². The standard InChI is InChI=1S/C15H23ClFNO/c1-10(19)8-15(3,4)9-18-11(2)13-6-5-12(17)7-14(13)16/h5-7,10-11,18-19H,8-9H2,1-4H3. The molecule has 19 heavy (non-hydrogen) atoms. The molecule has 4 heteroatoms. The van der Waals surface area contributed by atoms with Gasteiger partial charge in [-0.2, -0.15) is 0 Å². The van der Waals surface area contributed by atoms with Crippen molar-refractivity contribution in [2.75, 3.05) is 6.54 Å². The quantitative estimate of drug-likeness (QED) is 0.831. The SMILES string of the molecule is CC(O)CC(C)(C)CNC(C)c1ccc(F)cc1Cl. The van der Waals surface area contributed by atoms with Crippen LogP contribution in [0.1, 0.15) is 45.7 Å². The third kappa shape index (κ3) is 5.47. The molecule has 0 bridgehead atoms. The Hall–Kier alpha value is -0.640. The zero-order valence-electron chi connectivity index (χ0n) is 12.0. The molecule has 0 saturated heterocycles. The highest BCUT2D eigenvalue weighted by Gasteiger charge is 2.21. The number of benzene rings is 1. The number of hydrogen-bond donors (Lipinski definition) is 2. The van der Waals surface area contributed by atoms with E-state index in [1.165, 1.54) is 12.1 Å². The molecule has 0 radical (unpaired) electrons. The Kier molecular flexibility index (Phi) is 5.78. The molecule has 0 aromatic heterocycles. The van der Waals surface area contributed by atoms with Gasteiger partial charge in [0.2, 0.25) is 0 Å². The van der Waals surface area contributed by atoms with Gasteiger partial charge in [0.1, 0.15) is 5.82 Å². The van der Waals surface area contributed by atoms with Crippen LogP contribution >= 0.6 is 11.6 Å². The largest absolute Gasteiger partial charge is 0.393 e. The van der Waals surface area contributed by atoms with Gasteiger partial charge in [0.25, 0.3) is 0 Å². The van der Waals surface area contributed by atoms with E-state index in [1.54, 1.807) is 13.0 Å². The van der Waals surface area contributed by atoms with Crippen LogP contribution in [-0.2, 0) is 0 Å². The molecule has 0 fully saturated rings. The van der Waals surface area contributed by atoms with E-state index in [0.29, 0.717) is 5.02 Å². The molecule has 2 N–H and O–H groups in total. The van der Waals surface area contributed by atoms with Crippen molar-refractivity contribution >= 4 is 11.6 Å². The minimum atomic E-state index is -0.324. The maximum Gasteiger partial charge on any atom is 0.124 e. The summed E-state index contributed by atoms with van der Waals surface area (Å²) >= 11 is 6.04. The molecule has 0 saturated carbocycles. The van der Waals surface area contributed by atoms with Crippen LogP contribution in [0.25, 0.3) is 0 Å². The maximum absolute atomic E-state index is 13.0. The fourth-order valence-corrected chi connectivity index (χ4v) is 2.59. The number of halogens is 2. The first-order chi connectivity index (χ1) is 8.71. The van der Waals surface area contributed by atoms with Gasteiger partial charge in [-0.15, -0.1) is 0 Å². The highest BCUT2D eigenvalue weighted by atomic mass is 35.5. The molecule has 2 atom stereocenters. The third-order valence-electron chi connectivity index (χ3n) is 3.16. The van der Waals surface area contributed by atoms with Gasteiger partial charge in [0.05, 0.1) is 6.10 Å². The number of aliphatic hydroxyl groups is 1. The van der Waals surface area contributed by atoms with Gasteiger partial charge < -0.3 is 10.4 Å². The zero-order chi connectivity index (χ0) is 14.6. The van der Waals surface area contributed by atoms with Crippen LogP contribution in [0, 0.1) is 11.2 Å². The molecule has 2 unspecified atom stereocenters. The summed E-state index contributed by atoms with van der Waals surface area (Å²) in [5.41, 5.74) is 0.880. The predicted molar refractivity (Wildman–Crippen MR) is 77.9 cm³/mol. The Morgan fingerprint density at radius 3 is 2.53 bits per heavy atom. The van der Waals surface area contributed by atoms with Gasteiger partial charge in [-0.3, -0.25) is 0 Å². The van der Waals surface area contributed by atoms with Crippen molar-refractivity contribution in [3.05, 3.63) is 34.6 Å². The van der Waals surface area contributed by atoms with Crippen molar-refractivity contribution in [2.24, 2.45) is 5.41 Å². The lowest BCUT2D eigenvalue weighted by Crippen LogP contribution is -2.33. The maximum atomic E-state index is 13.0. The second-order valence-corrected chi connectivity index (χ2v) is 6.39. The second kappa shape index (κ2) is 6.69. The Labute approximate surface area is 120 Å². The van der Waals surface area contributed by atoms with Gasteiger partial charge in [0.15, 0.2) is 0 Å². The summed E-state index contributed by atoms with van der Waals surface area (Å²) in [6.07, 6.45) is 0.408. The van der Waals surface area contributed by atoms with E-state index in [1.807, 2.05) is 6.92 Å². The highest BCUT2D eigenvalue weighted by Crippen LogP contribution is 2.26. The van der Waals surface area contributed by atoms with Crippen molar-refractivity contribution in [3.8, 4) is 0 Å². The fourth-order valence-electron chi connectivity index (χ4n) is 2.26. The number of rotatable bonds is 6. The average Bonchev–Trinajstić information content (AvgIpc) is 2.24. The summed E-state index contributed by atoms with van der Waals surface area (Å²) in [5, 5.41) is 13.3. The minimum Gasteiger partial charge on any atom is -0.393 e. The van der Waals surface area contributed by atoms with Gasteiger partial charge in [-0.1, -0.05) is 31.5 Å². The van der Waals surface area contributed by atoms with E-state index in [0.717, 1.165) is 18.5 Å².